The van der Waals surface area contributed by atoms with Crippen LogP contribution in [0.1, 0.15) is 19.4 Å². The number of rotatable bonds is 1. The van der Waals surface area contributed by atoms with Gasteiger partial charge in [0.25, 0.3) is 0 Å². The molecule has 1 aromatic rings. The molecule has 1 heterocycles. The Morgan fingerprint density at radius 1 is 1.41 bits per heavy atom. The lowest BCUT2D eigenvalue weighted by Gasteiger charge is -2.27. The predicted molar refractivity (Wildman–Crippen MR) is 73.3 cm³/mol. The minimum Gasteiger partial charge on any atom is -0.335 e. The molecular formula is C13H17FN2S. The Labute approximate surface area is 106 Å². The molecule has 1 aliphatic rings. The summed E-state index contributed by atoms with van der Waals surface area (Å²) in [7, 11) is 0. The van der Waals surface area contributed by atoms with Crippen molar-refractivity contribution in [1.82, 2.24) is 0 Å². The van der Waals surface area contributed by atoms with Crippen molar-refractivity contribution in [3.63, 3.8) is 0 Å². The second kappa shape index (κ2) is 4.69. The molecule has 0 unspecified atom stereocenters. The third-order valence-electron chi connectivity index (χ3n) is 2.68. The minimum atomic E-state index is -0.201. The first-order chi connectivity index (χ1) is 7.96. The standard InChI is InChI=1S/C13H17FN2S/c1-9-6-10(14)4-5-11(9)16-12-15-7-13(2,3)8-17-12/h4-6H,7-8H2,1-3H3,(H,15,16). The van der Waals surface area contributed by atoms with Gasteiger partial charge in [0.2, 0.25) is 0 Å². The van der Waals surface area contributed by atoms with Crippen LogP contribution in [0.3, 0.4) is 0 Å². The van der Waals surface area contributed by atoms with E-state index >= 15 is 0 Å². The van der Waals surface area contributed by atoms with Crippen molar-refractivity contribution in [1.29, 1.82) is 0 Å². The van der Waals surface area contributed by atoms with Crippen molar-refractivity contribution < 1.29 is 4.39 Å². The number of nitrogens with one attached hydrogen (secondary N) is 1. The molecule has 0 bridgehead atoms. The van der Waals surface area contributed by atoms with Crippen LogP contribution in [-0.2, 0) is 0 Å². The number of aryl methyl sites for hydroxylation is 1. The Kier molecular flexibility index (Phi) is 3.43. The van der Waals surface area contributed by atoms with Gasteiger partial charge in [-0.05, 0) is 36.1 Å². The molecule has 92 valence electrons. The number of hydrogen-bond acceptors (Lipinski definition) is 3. The van der Waals surface area contributed by atoms with E-state index < -0.39 is 0 Å². The number of aliphatic imine (C=N–C) groups is 1. The largest absolute Gasteiger partial charge is 0.335 e. The topological polar surface area (TPSA) is 24.4 Å². The molecule has 17 heavy (non-hydrogen) atoms. The summed E-state index contributed by atoms with van der Waals surface area (Å²) in [6, 6.07) is 4.75. The fourth-order valence-electron chi connectivity index (χ4n) is 1.60. The normalized spacial score (nSPS) is 18.7. The van der Waals surface area contributed by atoms with Gasteiger partial charge < -0.3 is 5.32 Å². The predicted octanol–water partition coefficient (Wildman–Crippen LogP) is 3.68. The van der Waals surface area contributed by atoms with Crippen LogP contribution < -0.4 is 5.32 Å². The molecule has 2 nitrogen and oxygen atoms in total. The van der Waals surface area contributed by atoms with Gasteiger partial charge in [-0.3, -0.25) is 4.99 Å². The number of amidine groups is 1. The highest BCUT2D eigenvalue weighted by atomic mass is 32.2. The van der Waals surface area contributed by atoms with E-state index in [4.69, 9.17) is 0 Å². The van der Waals surface area contributed by atoms with Crippen molar-refractivity contribution in [2.24, 2.45) is 10.4 Å². The van der Waals surface area contributed by atoms with Crippen molar-refractivity contribution in [2.45, 2.75) is 20.8 Å². The first-order valence-corrected chi connectivity index (χ1v) is 6.65. The fraction of sp³-hybridized carbons (Fsp3) is 0.462. The highest BCUT2D eigenvalue weighted by Crippen LogP contribution is 2.29. The smallest absolute Gasteiger partial charge is 0.161 e. The second-order valence-corrected chi connectivity index (χ2v) is 6.12. The van der Waals surface area contributed by atoms with Gasteiger partial charge in [-0.15, -0.1) is 0 Å². The average molecular weight is 252 g/mol. The van der Waals surface area contributed by atoms with Gasteiger partial charge in [0.05, 0.1) is 0 Å². The van der Waals surface area contributed by atoms with Crippen molar-refractivity contribution in [2.75, 3.05) is 17.6 Å². The molecule has 0 fully saturated rings. The lowest BCUT2D eigenvalue weighted by atomic mass is 9.97. The van der Waals surface area contributed by atoms with Crippen molar-refractivity contribution in [3.8, 4) is 0 Å². The second-order valence-electron chi connectivity index (χ2n) is 5.16. The van der Waals surface area contributed by atoms with Crippen molar-refractivity contribution in [3.05, 3.63) is 29.6 Å². The third kappa shape index (κ3) is 3.22. The molecule has 0 atom stereocenters. The summed E-state index contributed by atoms with van der Waals surface area (Å²) >= 11 is 1.72. The van der Waals surface area contributed by atoms with E-state index in [1.165, 1.54) is 12.1 Å². The van der Waals surface area contributed by atoms with E-state index in [9.17, 15) is 4.39 Å². The number of nitrogens with zero attached hydrogens (tertiary/aromatic N) is 1. The van der Waals surface area contributed by atoms with Crippen LogP contribution in [0.25, 0.3) is 0 Å². The molecule has 2 rings (SSSR count). The molecule has 0 aromatic heterocycles. The summed E-state index contributed by atoms with van der Waals surface area (Å²) in [4.78, 5) is 4.52. The van der Waals surface area contributed by atoms with Gasteiger partial charge in [-0.25, -0.2) is 4.39 Å². The molecule has 1 aromatic carbocycles. The van der Waals surface area contributed by atoms with E-state index in [2.05, 4.69) is 24.2 Å². The maximum absolute atomic E-state index is 13.0. The first-order valence-electron chi connectivity index (χ1n) is 5.67. The van der Waals surface area contributed by atoms with Crippen LogP contribution in [-0.4, -0.2) is 17.5 Å². The zero-order valence-electron chi connectivity index (χ0n) is 10.4. The number of benzene rings is 1. The molecule has 0 aliphatic carbocycles. The molecule has 0 radical (unpaired) electrons. The Morgan fingerprint density at radius 2 is 2.18 bits per heavy atom. The molecule has 4 heteroatoms. The summed E-state index contributed by atoms with van der Waals surface area (Å²) in [6.45, 7) is 7.15. The van der Waals surface area contributed by atoms with Gasteiger partial charge >= 0.3 is 0 Å². The van der Waals surface area contributed by atoms with Crippen LogP contribution in [0.4, 0.5) is 10.1 Å². The van der Waals surface area contributed by atoms with Crippen molar-refractivity contribution >= 4 is 22.6 Å². The Bertz CT molecular complexity index is 455. The van der Waals surface area contributed by atoms with E-state index in [1.54, 1.807) is 17.8 Å². The van der Waals surface area contributed by atoms with Crippen LogP contribution in [0.15, 0.2) is 23.2 Å². The van der Waals surface area contributed by atoms with Gasteiger partial charge in [0.1, 0.15) is 5.82 Å². The zero-order valence-corrected chi connectivity index (χ0v) is 11.2. The van der Waals surface area contributed by atoms with Crippen LogP contribution in [0, 0.1) is 18.2 Å². The highest BCUT2D eigenvalue weighted by molar-refractivity contribution is 8.14. The van der Waals surface area contributed by atoms with Gasteiger partial charge in [0, 0.05) is 18.0 Å². The quantitative estimate of drug-likeness (QED) is 0.824. The SMILES string of the molecule is Cc1cc(F)ccc1NC1=NCC(C)(C)CS1. The van der Waals surface area contributed by atoms with Crippen LogP contribution >= 0.6 is 11.8 Å². The van der Waals surface area contributed by atoms with E-state index in [-0.39, 0.29) is 11.2 Å². The fourth-order valence-corrected chi connectivity index (χ4v) is 2.56. The Hall–Kier alpha value is -1.03. The number of halogens is 1. The van der Waals surface area contributed by atoms with Gasteiger partial charge in [0.15, 0.2) is 5.17 Å². The lowest BCUT2D eigenvalue weighted by molar-refractivity contribution is 0.438. The monoisotopic (exact) mass is 252 g/mol. The lowest BCUT2D eigenvalue weighted by Crippen LogP contribution is -2.27. The van der Waals surface area contributed by atoms with Gasteiger partial charge in [-0.1, -0.05) is 25.6 Å². The zero-order chi connectivity index (χ0) is 12.5. The Balaban J connectivity index is 2.09. The van der Waals surface area contributed by atoms with Crippen LogP contribution in [0.5, 0.6) is 0 Å². The number of hydrogen-bond donors (Lipinski definition) is 1. The summed E-state index contributed by atoms with van der Waals surface area (Å²) in [5, 5.41) is 4.19. The Morgan fingerprint density at radius 3 is 2.76 bits per heavy atom. The number of anilines is 1. The third-order valence-corrected chi connectivity index (χ3v) is 4.11. The van der Waals surface area contributed by atoms with E-state index in [0.717, 1.165) is 28.7 Å². The highest BCUT2D eigenvalue weighted by Gasteiger charge is 2.23. The minimum absolute atomic E-state index is 0.201. The molecule has 0 amide bonds. The van der Waals surface area contributed by atoms with Gasteiger partial charge in [-0.2, -0.15) is 0 Å². The summed E-state index contributed by atoms with van der Waals surface area (Å²) in [6.07, 6.45) is 0. The van der Waals surface area contributed by atoms with Crippen LogP contribution in [0.2, 0.25) is 0 Å². The first kappa shape index (κ1) is 12.4. The number of thioether (sulfide) groups is 1. The summed E-state index contributed by atoms with van der Waals surface area (Å²) in [5.74, 6) is 0.853. The molecule has 1 N–H and O–H groups in total. The molecule has 0 spiro atoms. The van der Waals surface area contributed by atoms with E-state index in [1.807, 2.05) is 6.92 Å². The average Bonchev–Trinajstić information content (AvgIpc) is 2.25. The summed E-state index contributed by atoms with van der Waals surface area (Å²) < 4.78 is 13.0. The van der Waals surface area contributed by atoms with E-state index in [0.29, 0.717) is 0 Å². The molecule has 0 saturated carbocycles. The molecule has 0 saturated heterocycles. The maximum Gasteiger partial charge on any atom is 0.161 e. The molecular weight excluding hydrogens is 235 g/mol. The maximum atomic E-state index is 13.0. The summed E-state index contributed by atoms with van der Waals surface area (Å²) in [5.41, 5.74) is 2.10. The molecule has 1 aliphatic heterocycles.